The number of hydrogen-bond acceptors (Lipinski definition) is 4. The average molecular weight is 306 g/mol. The Morgan fingerprint density at radius 1 is 0.955 bits per heavy atom. The maximum absolute atomic E-state index is 12.8. The number of benzene rings is 1. The first kappa shape index (κ1) is 18.7. The molecule has 1 N–H and O–H groups in total. The quantitative estimate of drug-likeness (QED) is 0.562. The van der Waals surface area contributed by atoms with Crippen LogP contribution in [0.2, 0.25) is 0 Å². The SMILES string of the molecule is CCN(CC)c1ccc(C(=O)C(O)(CC)N(CC)CC)cc1. The van der Waals surface area contributed by atoms with E-state index in [1.807, 2.05) is 49.9 Å². The van der Waals surface area contributed by atoms with Gasteiger partial charge in [0.1, 0.15) is 0 Å². The molecule has 0 saturated heterocycles. The maximum atomic E-state index is 12.8. The van der Waals surface area contributed by atoms with Crippen LogP contribution >= 0.6 is 0 Å². The molecule has 1 rings (SSSR count). The summed E-state index contributed by atoms with van der Waals surface area (Å²) in [6.45, 7) is 13.1. The summed E-state index contributed by atoms with van der Waals surface area (Å²) in [5, 5.41) is 10.8. The number of nitrogens with zero attached hydrogens (tertiary/aromatic N) is 2. The first-order chi connectivity index (χ1) is 10.5. The van der Waals surface area contributed by atoms with Gasteiger partial charge in [0.15, 0.2) is 5.72 Å². The third-order valence-corrected chi connectivity index (χ3v) is 4.40. The van der Waals surface area contributed by atoms with E-state index in [4.69, 9.17) is 0 Å². The van der Waals surface area contributed by atoms with Gasteiger partial charge >= 0.3 is 0 Å². The predicted octanol–water partition coefficient (Wildman–Crippen LogP) is 3.16. The number of aliphatic hydroxyl groups is 1. The zero-order valence-electron chi connectivity index (χ0n) is 14.6. The third-order valence-electron chi connectivity index (χ3n) is 4.40. The monoisotopic (exact) mass is 306 g/mol. The van der Waals surface area contributed by atoms with Gasteiger partial charge in [0.2, 0.25) is 5.78 Å². The minimum atomic E-state index is -1.42. The van der Waals surface area contributed by atoms with E-state index in [2.05, 4.69) is 18.7 Å². The van der Waals surface area contributed by atoms with Crippen LogP contribution in [0.25, 0.3) is 0 Å². The molecule has 0 bridgehead atoms. The minimum Gasteiger partial charge on any atom is -0.372 e. The van der Waals surface area contributed by atoms with Gasteiger partial charge in [-0.15, -0.1) is 0 Å². The summed E-state index contributed by atoms with van der Waals surface area (Å²) < 4.78 is 0. The van der Waals surface area contributed by atoms with Crippen molar-refractivity contribution in [1.82, 2.24) is 4.90 Å². The van der Waals surface area contributed by atoms with Crippen LogP contribution < -0.4 is 4.90 Å². The average Bonchev–Trinajstić information content (AvgIpc) is 2.56. The van der Waals surface area contributed by atoms with Crippen molar-refractivity contribution >= 4 is 11.5 Å². The van der Waals surface area contributed by atoms with Crippen molar-refractivity contribution in [3.8, 4) is 0 Å². The minimum absolute atomic E-state index is 0.218. The molecule has 0 aliphatic carbocycles. The van der Waals surface area contributed by atoms with Crippen molar-refractivity contribution in [1.29, 1.82) is 0 Å². The molecule has 4 nitrogen and oxygen atoms in total. The molecule has 22 heavy (non-hydrogen) atoms. The van der Waals surface area contributed by atoms with E-state index in [0.29, 0.717) is 25.1 Å². The molecular formula is C18H30N2O2. The van der Waals surface area contributed by atoms with Gasteiger partial charge in [-0.3, -0.25) is 9.69 Å². The topological polar surface area (TPSA) is 43.8 Å². The Hall–Kier alpha value is -1.39. The molecule has 1 unspecified atom stereocenters. The smallest absolute Gasteiger partial charge is 0.209 e. The lowest BCUT2D eigenvalue weighted by Gasteiger charge is -2.36. The molecule has 0 aliphatic rings. The van der Waals surface area contributed by atoms with Crippen LogP contribution in [0.15, 0.2) is 24.3 Å². The zero-order valence-corrected chi connectivity index (χ0v) is 14.6. The summed E-state index contributed by atoms with van der Waals surface area (Å²) in [5.74, 6) is -0.218. The van der Waals surface area contributed by atoms with Gasteiger partial charge in [-0.05, 0) is 57.6 Å². The number of ketones is 1. The van der Waals surface area contributed by atoms with Crippen LogP contribution in [0.1, 0.15) is 51.4 Å². The summed E-state index contributed by atoms with van der Waals surface area (Å²) in [7, 11) is 0. The molecular weight excluding hydrogens is 276 g/mol. The number of rotatable bonds is 9. The summed E-state index contributed by atoms with van der Waals surface area (Å²) in [4.78, 5) is 16.8. The van der Waals surface area contributed by atoms with E-state index in [-0.39, 0.29) is 5.78 Å². The van der Waals surface area contributed by atoms with Crippen LogP contribution in [0, 0.1) is 0 Å². The molecule has 0 spiro atoms. The molecule has 0 radical (unpaired) electrons. The van der Waals surface area contributed by atoms with E-state index in [1.54, 1.807) is 0 Å². The molecule has 0 amide bonds. The second-order valence-electron chi connectivity index (χ2n) is 5.39. The zero-order chi connectivity index (χ0) is 16.8. The lowest BCUT2D eigenvalue weighted by atomic mass is 9.96. The van der Waals surface area contributed by atoms with Crippen molar-refractivity contribution in [3.05, 3.63) is 29.8 Å². The Balaban J connectivity index is 3.06. The van der Waals surface area contributed by atoms with Gasteiger partial charge in [0, 0.05) is 24.3 Å². The van der Waals surface area contributed by atoms with Crippen LogP contribution in [-0.4, -0.2) is 47.7 Å². The number of likely N-dealkylation sites (N-methyl/N-ethyl adjacent to an activating group) is 1. The van der Waals surface area contributed by atoms with Gasteiger partial charge in [0.05, 0.1) is 0 Å². The van der Waals surface area contributed by atoms with Gasteiger partial charge in [0.25, 0.3) is 0 Å². The first-order valence-corrected chi connectivity index (χ1v) is 8.35. The molecule has 0 heterocycles. The fourth-order valence-electron chi connectivity index (χ4n) is 2.92. The Kier molecular flexibility index (Phi) is 7.04. The second kappa shape index (κ2) is 8.30. The van der Waals surface area contributed by atoms with Gasteiger partial charge in [-0.2, -0.15) is 0 Å². The Morgan fingerprint density at radius 2 is 1.45 bits per heavy atom. The normalized spacial score (nSPS) is 14.0. The molecule has 1 atom stereocenters. The van der Waals surface area contributed by atoms with Gasteiger partial charge in [-0.25, -0.2) is 0 Å². The molecule has 0 aromatic heterocycles. The summed E-state index contributed by atoms with van der Waals surface area (Å²) >= 11 is 0. The van der Waals surface area contributed by atoms with E-state index in [1.165, 1.54) is 0 Å². The molecule has 0 fully saturated rings. The molecule has 124 valence electrons. The van der Waals surface area contributed by atoms with Crippen molar-refractivity contribution < 1.29 is 9.90 Å². The van der Waals surface area contributed by atoms with Crippen molar-refractivity contribution in [3.63, 3.8) is 0 Å². The van der Waals surface area contributed by atoms with Crippen LogP contribution in [0.5, 0.6) is 0 Å². The number of carbonyl (C=O) groups is 1. The van der Waals surface area contributed by atoms with Crippen LogP contribution in [0.4, 0.5) is 5.69 Å². The van der Waals surface area contributed by atoms with E-state index in [0.717, 1.165) is 18.8 Å². The van der Waals surface area contributed by atoms with E-state index in [9.17, 15) is 9.90 Å². The van der Waals surface area contributed by atoms with Crippen molar-refractivity contribution in [2.45, 2.75) is 46.8 Å². The molecule has 0 saturated carbocycles. The Labute approximate surface area is 134 Å². The molecule has 4 heteroatoms. The summed E-state index contributed by atoms with van der Waals surface area (Å²) in [5.41, 5.74) is 0.247. The second-order valence-corrected chi connectivity index (χ2v) is 5.39. The highest BCUT2D eigenvalue weighted by molar-refractivity contribution is 6.02. The fourth-order valence-corrected chi connectivity index (χ4v) is 2.92. The highest BCUT2D eigenvalue weighted by Crippen LogP contribution is 2.24. The number of Topliss-reactive ketones (excluding diaryl/α,β-unsaturated/α-hetero) is 1. The van der Waals surface area contributed by atoms with E-state index >= 15 is 0 Å². The third kappa shape index (κ3) is 3.68. The fraction of sp³-hybridized carbons (Fsp3) is 0.611. The largest absolute Gasteiger partial charge is 0.372 e. The molecule has 1 aromatic carbocycles. The maximum Gasteiger partial charge on any atom is 0.209 e. The predicted molar refractivity (Wildman–Crippen MR) is 92.5 cm³/mol. The lowest BCUT2D eigenvalue weighted by Crippen LogP contribution is -2.54. The standard InChI is InChI=1S/C18H30N2O2/c1-6-18(22,20(9-4)10-5)17(21)15-11-13-16(14-12-15)19(7-2)8-3/h11-14,22H,6-10H2,1-5H3. The lowest BCUT2D eigenvalue weighted by molar-refractivity contribution is -0.0745. The van der Waals surface area contributed by atoms with Gasteiger partial charge < -0.3 is 10.0 Å². The summed E-state index contributed by atoms with van der Waals surface area (Å²) in [6, 6.07) is 7.55. The highest BCUT2D eigenvalue weighted by atomic mass is 16.3. The molecule has 0 aliphatic heterocycles. The van der Waals surface area contributed by atoms with Crippen LogP contribution in [0.3, 0.4) is 0 Å². The van der Waals surface area contributed by atoms with E-state index < -0.39 is 5.72 Å². The van der Waals surface area contributed by atoms with Gasteiger partial charge in [-0.1, -0.05) is 20.8 Å². The highest BCUT2D eigenvalue weighted by Gasteiger charge is 2.39. The number of anilines is 1. The van der Waals surface area contributed by atoms with Crippen molar-refractivity contribution in [2.75, 3.05) is 31.1 Å². The molecule has 1 aromatic rings. The van der Waals surface area contributed by atoms with Crippen LogP contribution in [-0.2, 0) is 0 Å². The Morgan fingerprint density at radius 3 is 1.82 bits per heavy atom. The summed E-state index contributed by atoms with van der Waals surface area (Å²) in [6.07, 6.45) is 0.380. The first-order valence-electron chi connectivity index (χ1n) is 8.35. The number of carbonyl (C=O) groups excluding carboxylic acids is 1. The number of hydrogen-bond donors (Lipinski definition) is 1. The van der Waals surface area contributed by atoms with Crippen molar-refractivity contribution in [2.24, 2.45) is 0 Å². The Bertz CT molecular complexity index is 464.